The summed E-state index contributed by atoms with van der Waals surface area (Å²) in [4.78, 5) is 27.1. The fourth-order valence-corrected chi connectivity index (χ4v) is 6.03. The Morgan fingerprint density at radius 3 is 2.19 bits per heavy atom. The number of anilines is 1. The molecule has 3 amide bonds. The van der Waals surface area contributed by atoms with Crippen molar-refractivity contribution < 1.29 is 18.0 Å². The summed E-state index contributed by atoms with van der Waals surface area (Å²) >= 11 is 0. The molecule has 5 rings (SSSR count). The largest absolute Gasteiger partial charge is 0.337 e. The number of hydrogen-bond donors (Lipinski definition) is 2. The molecule has 10 heteroatoms. The number of nitrogens with zero attached hydrogens (tertiary/aromatic N) is 3. The Hall–Kier alpha value is -2.88. The molecule has 2 heterocycles. The van der Waals surface area contributed by atoms with E-state index in [1.165, 1.54) is 28.9 Å². The van der Waals surface area contributed by atoms with Crippen LogP contribution in [0.25, 0.3) is 0 Å². The van der Waals surface area contributed by atoms with Gasteiger partial charge in [-0.1, -0.05) is 6.07 Å². The van der Waals surface area contributed by atoms with E-state index < -0.39 is 16.1 Å². The predicted molar refractivity (Wildman–Crippen MR) is 118 cm³/mol. The van der Waals surface area contributed by atoms with Crippen LogP contribution >= 0.6 is 0 Å². The van der Waals surface area contributed by atoms with Crippen molar-refractivity contribution in [2.45, 2.75) is 56.4 Å². The summed E-state index contributed by atoms with van der Waals surface area (Å²) < 4.78 is 29.0. The molecule has 1 aromatic heterocycles. The minimum atomic E-state index is -4.23. The summed E-state index contributed by atoms with van der Waals surface area (Å²) in [5, 5.41) is 6.46. The van der Waals surface area contributed by atoms with Crippen LogP contribution in [-0.4, -0.2) is 48.1 Å². The van der Waals surface area contributed by atoms with Gasteiger partial charge in [-0.3, -0.25) is 9.48 Å². The summed E-state index contributed by atoms with van der Waals surface area (Å²) in [6.07, 6.45) is 7.67. The maximum absolute atomic E-state index is 12.8. The van der Waals surface area contributed by atoms with Gasteiger partial charge in [0.05, 0.1) is 0 Å². The molecule has 1 saturated heterocycles. The molecule has 32 heavy (non-hydrogen) atoms. The number of sulfonamides is 1. The Kier molecular flexibility index (Phi) is 5.19. The SMILES string of the molecule is Cn1nc(S(=O)(=O)NC(=O)Nc2c3c(cc4c2CCC4)CCC3)cc1C(=O)N1CCCC1. The molecule has 3 aliphatic rings. The van der Waals surface area contributed by atoms with Crippen molar-refractivity contribution in [2.24, 2.45) is 7.05 Å². The van der Waals surface area contributed by atoms with E-state index in [1.807, 2.05) is 0 Å². The lowest BCUT2D eigenvalue weighted by molar-refractivity contribution is 0.0782. The Morgan fingerprint density at radius 2 is 1.56 bits per heavy atom. The van der Waals surface area contributed by atoms with Gasteiger partial charge in [-0.05, 0) is 73.6 Å². The van der Waals surface area contributed by atoms with E-state index in [1.54, 1.807) is 4.90 Å². The van der Waals surface area contributed by atoms with Crippen LogP contribution in [0.2, 0.25) is 0 Å². The van der Waals surface area contributed by atoms with E-state index in [9.17, 15) is 18.0 Å². The van der Waals surface area contributed by atoms with Gasteiger partial charge in [-0.2, -0.15) is 13.5 Å². The number of amides is 3. The second-order valence-corrected chi connectivity index (χ2v) is 10.4. The lowest BCUT2D eigenvalue weighted by Crippen LogP contribution is -2.35. The molecule has 0 saturated carbocycles. The van der Waals surface area contributed by atoms with Crippen molar-refractivity contribution >= 4 is 27.6 Å². The second-order valence-electron chi connectivity index (χ2n) is 8.78. The third-order valence-corrected chi connectivity index (χ3v) is 7.89. The summed E-state index contributed by atoms with van der Waals surface area (Å²) in [6, 6.07) is 2.67. The Bertz CT molecular complexity index is 1180. The first-order valence-corrected chi connectivity index (χ1v) is 12.7. The van der Waals surface area contributed by atoms with Crippen LogP contribution in [0.5, 0.6) is 0 Å². The number of carbonyl (C=O) groups is 2. The average molecular weight is 458 g/mol. The highest BCUT2D eigenvalue weighted by Gasteiger charge is 2.29. The van der Waals surface area contributed by atoms with Crippen molar-refractivity contribution in [2.75, 3.05) is 18.4 Å². The number of rotatable bonds is 4. The van der Waals surface area contributed by atoms with Gasteiger partial charge >= 0.3 is 6.03 Å². The molecule has 0 atom stereocenters. The molecule has 9 nitrogen and oxygen atoms in total. The maximum atomic E-state index is 12.8. The number of hydrogen-bond acceptors (Lipinski definition) is 5. The maximum Gasteiger partial charge on any atom is 0.333 e. The molecule has 0 radical (unpaired) electrons. The average Bonchev–Trinajstić information content (AvgIpc) is 3.52. The quantitative estimate of drug-likeness (QED) is 0.730. The topological polar surface area (TPSA) is 113 Å². The summed E-state index contributed by atoms with van der Waals surface area (Å²) in [7, 11) is -2.70. The minimum absolute atomic E-state index is 0.186. The first kappa shape index (κ1) is 21.0. The number of likely N-dealkylation sites (tertiary alicyclic amines) is 1. The normalized spacial score (nSPS) is 17.3. The van der Waals surface area contributed by atoms with E-state index in [0.29, 0.717) is 13.1 Å². The van der Waals surface area contributed by atoms with E-state index in [4.69, 9.17) is 0 Å². The minimum Gasteiger partial charge on any atom is -0.337 e. The van der Waals surface area contributed by atoms with Crippen LogP contribution in [0.4, 0.5) is 10.5 Å². The van der Waals surface area contributed by atoms with Gasteiger partial charge in [0.2, 0.25) is 0 Å². The van der Waals surface area contributed by atoms with Crippen LogP contribution in [-0.2, 0) is 42.8 Å². The number of aromatic nitrogens is 2. The van der Waals surface area contributed by atoms with Crippen LogP contribution < -0.4 is 10.0 Å². The molecule has 0 bridgehead atoms. The summed E-state index contributed by atoms with van der Waals surface area (Å²) in [5.74, 6) is -0.251. The van der Waals surface area contributed by atoms with Gasteiger partial charge in [-0.25, -0.2) is 9.52 Å². The number of nitrogens with one attached hydrogen (secondary N) is 2. The molecule has 1 fully saturated rings. The lowest BCUT2D eigenvalue weighted by atomic mass is 9.99. The zero-order chi connectivity index (χ0) is 22.5. The van der Waals surface area contributed by atoms with Gasteiger partial charge in [0.25, 0.3) is 15.9 Å². The molecule has 0 unspecified atom stereocenters. The number of benzene rings is 1. The van der Waals surface area contributed by atoms with Crippen molar-refractivity contribution in [3.05, 3.63) is 40.1 Å². The van der Waals surface area contributed by atoms with Gasteiger partial charge in [-0.15, -0.1) is 0 Å². The van der Waals surface area contributed by atoms with Crippen LogP contribution in [0, 0.1) is 0 Å². The van der Waals surface area contributed by atoms with Gasteiger partial charge in [0.1, 0.15) is 5.69 Å². The molecule has 170 valence electrons. The molecule has 1 aliphatic heterocycles. The number of urea groups is 1. The first-order valence-electron chi connectivity index (χ1n) is 11.2. The zero-order valence-corrected chi connectivity index (χ0v) is 18.9. The third kappa shape index (κ3) is 3.66. The van der Waals surface area contributed by atoms with Crippen LogP contribution in [0.1, 0.15) is 58.4 Å². The monoisotopic (exact) mass is 457 g/mol. The second kappa shape index (κ2) is 7.91. The fraction of sp³-hybridized carbons (Fsp3) is 0.500. The van der Waals surface area contributed by atoms with Gasteiger partial charge in [0.15, 0.2) is 5.03 Å². The smallest absolute Gasteiger partial charge is 0.333 e. The van der Waals surface area contributed by atoms with E-state index in [-0.39, 0.29) is 16.6 Å². The highest BCUT2D eigenvalue weighted by Crippen LogP contribution is 2.38. The molecule has 1 aromatic carbocycles. The molecular formula is C22H27N5O4S. The van der Waals surface area contributed by atoms with Gasteiger partial charge in [0, 0.05) is 31.9 Å². The Balaban J connectivity index is 1.36. The molecule has 2 N–H and O–H groups in total. The van der Waals surface area contributed by atoms with Crippen molar-refractivity contribution in [1.29, 1.82) is 0 Å². The molecule has 2 aliphatic carbocycles. The van der Waals surface area contributed by atoms with Crippen LogP contribution in [0.15, 0.2) is 17.2 Å². The highest BCUT2D eigenvalue weighted by molar-refractivity contribution is 7.90. The number of fused-ring (bicyclic) bond motifs is 2. The first-order chi connectivity index (χ1) is 15.3. The summed E-state index contributed by atoms with van der Waals surface area (Å²) in [6.45, 7) is 1.30. The molecule has 2 aromatic rings. The Morgan fingerprint density at radius 1 is 0.938 bits per heavy atom. The van der Waals surface area contributed by atoms with Crippen molar-refractivity contribution in [1.82, 2.24) is 19.4 Å². The zero-order valence-electron chi connectivity index (χ0n) is 18.1. The summed E-state index contributed by atoms with van der Waals surface area (Å²) in [5.41, 5.74) is 5.69. The number of aryl methyl sites for hydroxylation is 3. The predicted octanol–water partition coefficient (Wildman–Crippen LogP) is 2.14. The lowest BCUT2D eigenvalue weighted by Gasteiger charge is -2.16. The van der Waals surface area contributed by atoms with Crippen LogP contribution in [0.3, 0.4) is 0 Å². The van der Waals surface area contributed by atoms with E-state index in [0.717, 1.165) is 68.2 Å². The van der Waals surface area contributed by atoms with Gasteiger partial charge < -0.3 is 10.2 Å². The number of carbonyl (C=O) groups excluding carboxylic acids is 2. The third-order valence-electron chi connectivity index (χ3n) is 6.68. The fourth-order valence-electron chi connectivity index (χ4n) is 5.14. The van der Waals surface area contributed by atoms with Crippen molar-refractivity contribution in [3.63, 3.8) is 0 Å². The molecule has 0 spiro atoms. The molecular weight excluding hydrogens is 430 g/mol. The Labute approximate surface area is 187 Å². The van der Waals surface area contributed by atoms with Crippen molar-refractivity contribution in [3.8, 4) is 0 Å². The van der Waals surface area contributed by atoms with E-state index in [2.05, 4.69) is 21.2 Å². The standard InChI is InChI=1S/C22H27N5O4S/c1-26-18(21(28)27-10-2-3-11-27)13-19(24-26)32(30,31)25-22(29)23-20-16-8-4-6-14(16)12-15-7-5-9-17(15)20/h12-13H,2-11H2,1H3,(H2,23,25,29). The van der Waals surface area contributed by atoms with E-state index >= 15 is 0 Å². The highest BCUT2D eigenvalue weighted by atomic mass is 32.2.